The van der Waals surface area contributed by atoms with E-state index < -0.39 is 53.8 Å². The summed E-state index contributed by atoms with van der Waals surface area (Å²) in [7, 11) is -7.81. The lowest BCUT2D eigenvalue weighted by Gasteiger charge is -2.48. The van der Waals surface area contributed by atoms with Gasteiger partial charge in [-0.25, -0.2) is 16.8 Å². The largest absolute Gasteiger partial charge is 0.299 e. The molecule has 0 spiro atoms. The van der Waals surface area contributed by atoms with E-state index in [9.17, 15) is 21.6 Å². The van der Waals surface area contributed by atoms with E-state index in [-0.39, 0.29) is 34.8 Å². The van der Waals surface area contributed by atoms with Gasteiger partial charge < -0.3 is 0 Å². The SMILES string of the molecule is Cc1ccc([C@@H]2C[C@@H]3C(S(=O)(=O)c4ccc(C)cc4)[C@H](c4cccc(Cl)c4)CC(=O)[C@@H]3CC2S(=O)(=O)c2ccc(C)cc2)cc1. The van der Waals surface area contributed by atoms with Crippen molar-refractivity contribution in [1.29, 1.82) is 0 Å². The van der Waals surface area contributed by atoms with E-state index in [1.807, 2.05) is 51.1 Å². The first-order chi connectivity index (χ1) is 21.4. The monoisotopic (exact) mass is 660 g/mol. The van der Waals surface area contributed by atoms with Crippen molar-refractivity contribution in [1.82, 2.24) is 0 Å². The van der Waals surface area contributed by atoms with E-state index in [2.05, 4.69) is 0 Å². The Bertz CT molecular complexity index is 1930. The number of sulfone groups is 2. The van der Waals surface area contributed by atoms with Crippen LogP contribution in [0.15, 0.2) is 107 Å². The molecular weight excluding hydrogens is 624 g/mol. The number of fused-ring (bicyclic) bond motifs is 1. The highest BCUT2D eigenvalue weighted by Crippen LogP contribution is 2.54. The molecule has 2 aliphatic carbocycles. The number of carbonyl (C=O) groups is 1. The van der Waals surface area contributed by atoms with Gasteiger partial charge in [-0.05, 0) is 87.1 Å². The molecule has 0 N–H and O–H groups in total. The number of aryl methyl sites for hydroxylation is 3. The molecule has 0 aromatic heterocycles. The Morgan fingerprint density at radius 2 is 1.13 bits per heavy atom. The molecule has 0 radical (unpaired) electrons. The normalized spacial score (nSPS) is 25.5. The molecule has 2 fully saturated rings. The van der Waals surface area contributed by atoms with Crippen LogP contribution in [0.2, 0.25) is 5.02 Å². The number of carbonyl (C=O) groups excluding carboxylic acids is 1. The number of ketones is 1. The van der Waals surface area contributed by atoms with Crippen LogP contribution in [0.4, 0.5) is 0 Å². The fourth-order valence-corrected chi connectivity index (χ4v) is 12.0. The summed E-state index contributed by atoms with van der Waals surface area (Å²) in [5.41, 5.74) is 4.48. The van der Waals surface area contributed by atoms with Crippen molar-refractivity contribution in [2.24, 2.45) is 11.8 Å². The maximum absolute atomic E-state index is 14.7. The van der Waals surface area contributed by atoms with Crippen molar-refractivity contribution in [2.75, 3.05) is 0 Å². The third-order valence-corrected chi connectivity index (χ3v) is 14.7. The predicted octanol–water partition coefficient (Wildman–Crippen LogP) is 7.82. The van der Waals surface area contributed by atoms with Crippen molar-refractivity contribution in [3.05, 3.63) is 130 Å². The zero-order chi connectivity index (χ0) is 32.1. The molecule has 45 heavy (non-hydrogen) atoms. The second kappa shape index (κ2) is 12.2. The number of hydrogen-bond acceptors (Lipinski definition) is 5. The third-order valence-electron chi connectivity index (χ3n) is 9.87. The standard InChI is InChI=1S/C37H37ClO5S2/c1-23-7-13-26(14-8-23)31-20-34-33(22-36(31)44(40,41)29-15-9-24(2)10-16-29)35(39)21-32(27-5-4-6-28(38)19-27)37(34)45(42,43)30-17-11-25(3)12-18-30/h4-19,31-34,36-37H,20-22H2,1-3H3/t31-,32-,33+,34-,36?,37?/m0/s1. The van der Waals surface area contributed by atoms with Gasteiger partial charge in [0.15, 0.2) is 19.7 Å². The quantitative estimate of drug-likeness (QED) is 0.211. The van der Waals surface area contributed by atoms with E-state index in [1.54, 1.807) is 66.7 Å². The molecule has 0 amide bonds. The molecule has 6 atom stereocenters. The predicted molar refractivity (Wildman–Crippen MR) is 178 cm³/mol. The Hall–Kier alpha value is -3.26. The summed E-state index contributed by atoms with van der Waals surface area (Å²) < 4.78 is 58.1. The molecule has 0 heterocycles. The van der Waals surface area contributed by atoms with Crippen molar-refractivity contribution < 1.29 is 21.6 Å². The highest BCUT2D eigenvalue weighted by atomic mass is 35.5. The number of hydrogen-bond donors (Lipinski definition) is 0. The average Bonchev–Trinajstić information content (AvgIpc) is 3.01. The van der Waals surface area contributed by atoms with E-state index in [4.69, 9.17) is 11.6 Å². The fourth-order valence-electron chi connectivity index (χ4n) is 7.50. The summed E-state index contributed by atoms with van der Waals surface area (Å²) in [6.07, 6.45) is 0.326. The Labute approximate surface area is 271 Å². The molecule has 0 aliphatic heterocycles. The molecule has 234 valence electrons. The third kappa shape index (κ3) is 6.02. The molecule has 2 saturated carbocycles. The number of Topliss-reactive ketones (excluding diaryl/α,β-unsaturated/α-hetero) is 1. The first-order valence-corrected chi connectivity index (χ1v) is 18.8. The van der Waals surface area contributed by atoms with Crippen LogP contribution in [-0.2, 0) is 24.5 Å². The summed E-state index contributed by atoms with van der Waals surface area (Å²) in [4.78, 5) is 14.5. The van der Waals surface area contributed by atoms with Crippen LogP contribution >= 0.6 is 11.6 Å². The summed E-state index contributed by atoms with van der Waals surface area (Å²) in [6.45, 7) is 5.78. The average molecular weight is 661 g/mol. The molecule has 4 aromatic rings. The molecule has 0 saturated heterocycles. The molecule has 4 aromatic carbocycles. The second-order valence-corrected chi connectivity index (χ2v) is 17.5. The Kier molecular flexibility index (Phi) is 8.57. The Morgan fingerprint density at radius 3 is 1.69 bits per heavy atom. The van der Waals surface area contributed by atoms with Gasteiger partial charge in [-0.2, -0.15) is 0 Å². The van der Waals surface area contributed by atoms with Crippen molar-refractivity contribution in [3.8, 4) is 0 Å². The van der Waals surface area contributed by atoms with Gasteiger partial charge >= 0.3 is 0 Å². The van der Waals surface area contributed by atoms with E-state index in [0.29, 0.717) is 10.6 Å². The molecule has 2 aliphatic rings. The minimum atomic E-state index is -3.95. The summed E-state index contributed by atoms with van der Waals surface area (Å²) in [6, 6.07) is 28.6. The lowest BCUT2D eigenvalue weighted by molar-refractivity contribution is -0.128. The van der Waals surface area contributed by atoms with Gasteiger partial charge in [0.25, 0.3) is 0 Å². The van der Waals surface area contributed by atoms with Gasteiger partial charge in [-0.3, -0.25) is 4.79 Å². The van der Waals surface area contributed by atoms with Crippen molar-refractivity contribution >= 4 is 37.1 Å². The zero-order valence-corrected chi connectivity index (χ0v) is 27.9. The molecular formula is C37H37ClO5S2. The van der Waals surface area contributed by atoms with Crippen LogP contribution in [-0.4, -0.2) is 33.1 Å². The van der Waals surface area contributed by atoms with Gasteiger partial charge in [0, 0.05) is 29.2 Å². The van der Waals surface area contributed by atoms with Crippen LogP contribution < -0.4 is 0 Å². The first kappa shape index (κ1) is 31.7. The topological polar surface area (TPSA) is 85.3 Å². The lowest BCUT2D eigenvalue weighted by Crippen LogP contribution is -2.53. The van der Waals surface area contributed by atoms with Crippen LogP contribution in [0.5, 0.6) is 0 Å². The summed E-state index contributed by atoms with van der Waals surface area (Å²) in [5, 5.41) is -1.34. The summed E-state index contributed by atoms with van der Waals surface area (Å²) in [5.74, 6) is -2.51. The molecule has 6 rings (SSSR count). The number of benzene rings is 4. The van der Waals surface area contributed by atoms with E-state index in [1.165, 1.54) is 0 Å². The second-order valence-electron chi connectivity index (χ2n) is 12.8. The van der Waals surface area contributed by atoms with Crippen molar-refractivity contribution in [3.63, 3.8) is 0 Å². The van der Waals surface area contributed by atoms with Gasteiger partial charge in [-0.15, -0.1) is 0 Å². The highest BCUT2D eigenvalue weighted by Gasteiger charge is 2.56. The van der Waals surface area contributed by atoms with Crippen LogP contribution in [0.1, 0.15) is 58.9 Å². The number of rotatable bonds is 6. The minimum Gasteiger partial charge on any atom is -0.299 e. The smallest absolute Gasteiger partial charge is 0.182 e. The Morgan fingerprint density at radius 1 is 0.600 bits per heavy atom. The fraction of sp³-hybridized carbons (Fsp3) is 0.324. The van der Waals surface area contributed by atoms with E-state index in [0.717, 1.165) is 22.3 Å². The zero-order valence-electron chi connectivity index (χ0n) is 25.6. The van der Waals surface area contributed by atoms with Gasteiger partial charge in [0.2, 0.25) is 0 Å². The molecule has 8 heteroatoms. The molecule has 5 nitrogen and oxygen atoms in total. The highest BCUT2D eigenvalue weighted by molar-refractivity contribution is 7.92. The van der Waals surface area contributed by atoms with Crippen LogP contribution in [0, 0.1) is 32.6 Å². The summed E-state index contributed by atoms with van der Waals surface area (Å²) >= 11 is 6.39. The van der Waals surface area contributed by atoms with E-state index >= 15 is 0 Å². The maximum atomic E-state index is 14.7. The first-order valence-electron chi connectivity index (χ1n) is 15.3. The Balaban J connectivity index is 1.51. The lowest BCUT2D eigenvalue weighted by atomic mass is 9.61. The van der Waals surface area contributed by atoms with Crippen LogP contribution in [0.3, 0.4) is 0 Å². The maximum Gasteiger partial charge on any atom is 0.182 e. The van der Waals surface area contributed by atoms with Gasteiger partial charge in [-0.1, -0.05) is 89.0 Å². The number of halogens is 1. The van der Waals surface area contributed by atoms with Crippen molar-refractivity contribution in [2.45, 2.75) is 72.2 Å². The van der Waals surface area contributed by atoms with Crippen LogP contribution in [0.25, 0.3) is 0 Å². The molecule has 0 bridgehead atoms. The minimum absolute atomic E-state index is 0.00373. The van der Waals surface area contributed by atoms with Gasteiger partial charge in [0.1, 0.15) is 5.78 Å². The molecule has 2 unspecified atom stereocenters. The van der Waals surface area contributed by atoms with Gasteiger partial charge in [0.05, 0.1) is 20.3 Å².